The first-order valence-electron chi connectivity index (χ1n) is 20.1. The molecule has 0 radical (unpaired) electrons. The number of methoxy groups -OCH3 is 2. The van der Waals surface area contributed by atoms with Gasteiger partial charge in [-0.3, -0.25) is 14.5 Å². The molecular weight excluding hydrogens is 781 g/mol. The average Bonchev–Trinajstić information content (AvgIpc) is 3.41. The lowest BCUT2D eigenvalue weighted by molar-refractivity contribution is 0.0972. The molecule has 1 fully saturated rings. The number of amides is 2. The van der Waals surface area contributed by atoms with Gasteiger partial charge >= 0.3 is 6.03 Å². The van der Waals surface area contributed by atoms with Gasteiger partial charge in [0.2, 0.25) is 10.0 Å². The molecule has 0 bridgehead atoms. The standard InChI is InChI=1S/C46H56N6O7S/c1-46(2,3)32-28-39(44(58-6)40(29-32)50-60(7,55)56)49-45(54)48-38-17-18-42(36-13-9-8-12-35(36)38)59-34-19-20-47-33(30-34)26-31-15-16-37(43(27-31)57-5)41(53)14-10-22-52-23-11-21-51(4)24-25-52/h8-9,12-13,15-20,27-30,50H,10-11,14,21-26H2,1-7H3,(H2,48,49,54). The lowest BCUT2D eigenvalue weighted by Gasteiger charge is -2.24. The number of urea groups is 1. The van der Waals surface area contributed by atoms with Crippen molar-refractivity contribution in [2.45, 2.75) is 51.9 Å². The van der Waals surface area contributed by atoms with Crippen LogP contribution in [0.2, 0.25) is 0 Å². The van der Waals surface area contributed by atoms with Crippen molar-refractivity contribution in [2.75, 3.05) is 75.6 Å². The first-order chi connectivity index (χ1) is 28.6. The zero-order valence-corrected chi connectivity index (χ0v) is 36.4. The summed E-state index contributed by atoms with van der Waals surface area (Å²) in [5, 5.41) is 7.31. The summed E-state index contributed by atoms with van der Waals surface area (Å²) in [6.07, 6.45) is 5.69. The van der Waals surface area contributed by atoms with E-state index in [1.807, 2.05) is 69.3 Å². The molecule has 0 unspecified atom stereocenters. The molecule has 1 saturated heterocycles. The van der Waals surface area contributed by atoms with Gasteiger partial charge in [-0.05, 0) is 98.5 Å². The topological polar surface area (TPSA) is 151 Å². The quantitative estimate of drug-likeness (QED) is 0.0876. The van der Waals surface area contributed by atoms with Gasteiger partial charge in [0.25, 0.3) is 0 Å². The molecule has 6 rings (SSSR count). The van der Waals surface area contributed by atoms with Gasteiger partial charge in [0.05, 0.1) is 43.1 Å². The molecule has 0 aliphatic carbocycles. The molecule has 0 atom stereocenters. The number of fused-ring (bicyclic) bond motifs is 1. The summed E-state index contributed by atoms with van der Waals surface area (Å²) in [6, 6.07) is 23.4. The van der Waals surface area contributed by atoms with Gasteiger partial charge < -0.3 is 34.6 Å². The zero-order chi connectivity index (χ0) is 43.0. The number of anilines is 3. The minimum atomic E-state index is -3.64. The molecule has 1 aliphatic rings. The molecule has 2 heterocycles. The van der Waals surface area contributed by atoms with Gasteiger partial charge in [-0.2, -0.15) is 0 Å². The highest BCUT2D eigenvalue weighted by atomic mass is 32.2. The average molecular weight is 837 g/mol. The maximum absolute atomic E-state index is 13.5. The number of likely N-dealkylation sites (N-methyl/N-ethyl adjacent to an activating group) is 1. The Bertz CT molecular complexity index is 2450. The van der Waals surface area contributed by atoms with Crippen LogP contribution in [0.3, 0.4) is 0 Å². The Kier molecular flexibility index (Phi) is 14.0. The Morgan fingerprint density at radius 2 is 1.57 bits per heavy atom. The van der Waals surface area contributed by atoms with Crippen molar-refractivity contribution < 1.29 is 32.2 Å². The molecule has 60 heavy (non-hydrogen) atoms. The number of pyridine rings is 1. The van der Waals surface area contributed by atoms with E-state index in [9.17, 15) is 18.0 Å². The van der Waals surface area contributed by atoms with Gasteiger partial charge in [-0.25, -0.2) is 13.2 Å². The second-order valence-electron chi connectivity index (χ2n) is 16.3. The number of carbonyl (C=O) groups is 2. The van der Waals surface area contributed by atoms with Gasteiger partial charge in [-0.1, -0.05) is 51.1 Å². The van der Waals surface area contributed by atoms with Crippen LogP contribution in [0.15, 0.2) is 85.1 Å². The number of rotatable bonds is 15. The van der Waals surface area contributed by atoms with Crippen LogP contribution in [0.25, 0.3) is 10.8 Å². The third kappa shape index (κ3) is 11.5. The minimum Gasteiger partial charge on any atom is -0.496 e. The Hall–Kier alpha value is -5.70. The highest BCUT2D eigenvalue weighted by Gasteiger charge is 2.23. The van der Waals surface area contributed by atoms with E-state index in [1.54, 1.807) is 43.6 Å². The highest BCUT2D eigenvalue weighted by Crippen LogP contribution is 2.40. The predicted molar refractivity (Wildman–Crippen MR) is 239 cm³/mol. The van der Waals surface area contributed by atoms with Crippen LogP contribution >= 0.6 is 0 Å². The molecule has 3 N–H and O–H groups in total. The van der Waals surface area contributed by atoms with E-state index >= 15 is 0 Å². The monoisotopic (exact) mass is 836 g/mol. The largest absolute Gasteiger partial charge is 0.496 e. The smallest absolute Gasteiger partial charge is 0.323 e. The number of benzene rings is 4. The minimum absolute atomic E-state index is 0.0807. The fourth-order valence-electron chi connectivity index (χ4n) is 7.35. The third-order valence-electron chi connectivity index (χ3n) is 10.5. The number of nitrogens with one attached hydrogen (secondary N) is 3. The summed E-state index contributed by atoms with van der Waals surface area (Å²) in [5.74, 6) is 1.98. The van der Waals surface area contributed by atoms with Crippen LogP contribution in [0, 0.1) is 0 Å². The second-order valence-corrected chi connectivity index (χ2v) is 18.0. The Morgan fingerprint density at radius 1 is 0.817 bits per heavy atom. The molecule has 0 spiro atoms. The van der Waals surface area contributed by atoms with E-state index in [2.05, 4.69) is 37.2 Å². The summed E-state index contributed by atoms with van der Waals surface area (Å²) in [5.41, 5.74) is 3.80. The van der Waals surface area contributed by atoms with E-state index in [-0.39, 0.29) is 22.6 Å². The van der Waals surface area contributed by atoms with Crippen molar-refractivity contribution in [1.29, 1.82) is 0 Å². The highest BCUT2D eigenvalue weighted by molar-refractivity contribution is 7.92. The summed E-state index contributed by atoms with van der Waals surface area (Å²) in [6.45, 7) is 11.2. The van der Waals surface area contributed by atoms with Gasteiger partial charge in [0.15, 0.2) is 11.5 Å². The molecule has 2 amide bonds. The molecule has 14 heteroatoms. The summed E-state index contributed by atoms with van der Waals surface area (Å²) in [4.78, 5) is 36.2. The number of hydrogen-bond donors (Lipinski definition) is 3. The third-order valence-corrected chi connectivity index (χ3v) is 11.1. The van der Waals surface area contributed by atoms with Crippen LogP contribution < -0.4 is 29.6 Å². The Balaban J connectivity index is 1.13. The predicted octanol–water partition coefficient (Wildman–Crippen LogP) is 8.55. The Morgan fingerprint density at radius 3 is 2.30 bits per heavy atom. The number of aromatic nitrogens is 1. The first-order valence-corrected chi connectivity index (χ1v) is 22.0. The van der Waals surface area contributed by atoms with E-state index in [0.29, 0.717) is 47.0 Å². The van der Waals surface area contributed by atoms with Crippen LogP contribution in [-0.4, -0.2) is 95.3 Å². The summed E-state index contributed by atoms with van der Waals surface area (Å²) >= 11 is 0. The molecule has 5 aromatic rings. The molecule has 318 valence electrons. The molecule has 1 aliphatic heterocycles. The number of nitrogens with zero attached hydrogens (tertiary/aromatic N) is 3. The van der Waals surface area contributed by atoms with Crippen molar-refractivity contribution in [1.82, 2.24) is 14.8 Å². The summed E-state index contributed by atoms with van der Waals surface area (Å²) in [7, 11) is 1.53. The van der Waals surface area contributed by atoms with Gasteiger partial charge in [0, 0.05) is 54.7 Å². The SMILES string of the molecule is COc1cc(Cc2cc(Oc3ccc(NC(=O)Nc4cc(C(C)(C)C)cc(NS(C)(=O)=O)c4OC)c4ccccc34)ccn2)ccc1C(=O)CCCN1CCCN(C)CC1. The number of sulfonamides is 1. The number of hydrogen-bond acceptors (Lipinski definition) is 10. The van der Waals surface area contributed by atoms with Gasteiger partial charge in [0.1, 0.15) is 17.2 Å². The van der Waals surface area contributed by atoms with Crippen LogP contribution in [0.4, 0.5) is 21.9 Å². The number of ether oxygens (including phenoxy) is 3. The van der Waals surface area contributed by atoms with E-state index in [4.69, 9.17) is 14.2 Å². The van der Waals surface area contributed by atoms with Crippen molar-refractivity contribution in [3.05, 3.63) is 107 Å². The fraction of sp³-hybridized carbons (Fsp3) is 0.370. The zero-order valence-electron chi connectivity index (χ0n) is 35.6. The van der Waals surface area contributed by atoms with Crippen molar-refractivity contribution >= 4 is 49.7 Å². The first kappa shape index (κ1) is 43.9. The van der Waals surface area contributed by atoms with E-state index < -0.39 is 16.1 Å². The van der Waals surface area contributed by atoms with Crippen molar-refractivity contribution in [3.8, 4) is 23.0 Å². The molecule has 13 nitrogen and oxygen atoms in total. The normalized spacial score (nSPS) is 14.0. The van der Waals surface area contributed by atoms with Gasteiger partial charge in [-0.15, -0.1) is 0 Å². The van der Waals surface area contributed by atoms with Crippen LogP contribution in [0.1, 0.15) is 67.2 Å². The molecule has 0 saturated carbocycles. The molecule has 1 aromatic heterocycles. The van der Waals surface area contributed by atoms with Crippen molar-refractivity contribution in [2.24, 2.45) is 0 Å². The number of Topliss-reactive ketones (excluding diaryl/α,β-unsaturated/α-hetero) is 1. The van der Waals surface area contributed by atoms with E-state index in [1.165, 1.54) is 7.11 Å². The fourth-order valence-corrected chi connectivity index (χ4v) is 7.90. The molecular formula is C46H56N6O7S. The second kappa shape index (κ2) is 19.1. The number of ketones is 1. The van der Waals surface area contributed by atoms with E-state index in [0.717, 1.165) is 79.4 Å². The summed E-state index contributed by atoms with van der Waals surface area (Å²) < 4.78 is 44.6. The molecule has 4 aromatic carbocycles. The van der Waals surface area contributed by atoms with Crippen molar-refractivity contribution in [3.63, 3.8) is 0 Å². The maximum Gasteiger partial charge on any atom is 0.323 e. The lowest BCUT2D eigenvalue weighted by atomic mass is 9.86. The van der Waals surface area contributed by atoms with Crippen LogP contribution in [-0.2, 0) is 21.9 Å². The lowest BCUT2D eigenvalue weighted by Crippen LogP contribution is -2.30. The Labute approximate surface area is 353 Å². The number of carbonyl (C=O) groups excluding carboxylic acids is 2. The van der Waals surface area contributed by atoms with Crippen LogP contribution in [0.5, 0.6) is 23.0 Å². The maximum atomic E-state index is 13.5.